The van der Waals surface area contributed by atoms with Crippen molar-refractivity contribution in [1.82, 2.24) is 10.4 Å². The number of anilines is 1. The molecule has 0 atom stereocenters. The lowest BCUT2D eigenvalue weighted by Crippen LogP contribution is -2.33. The molecule has 2 heterocycles. The van der Waals surface area contributed by atoms with Gasteiger partial charge in [-0.15, -0.1) is 0 Å². The van der Waals surface area contributed by atoms with Crippen molar-refractivity contribution < 1.29 is 38.4 Å². The van der Waals surface area contributed by atoms with E-state index in [2.05, 4.69) is 10.6 Å². The van der Waals surface area contributed by atoms with Crippen LogP contribution in [0.5, 0.6) is 5.75 Å². The van der Waals surface area contributed by atoms with Gasteiger partial charge in [0.15, 0.2) is 0 Å². The average Bonchev–Trinajstić information content (AvgIpc) is 3.42. The standard InChI is InChI=1S/C28H34BN3O8/c1-17-12-18(2)26(28(3,4)15-25(35)40-32-11-5-6-23(32)33)22(13-17)39-24(34)9-10-30-27(36)31-20-8-7-19-16-38-29(37)21(19)14-20/h7-8,12-14,37H,5-6,9-11,15-16H2,1-4H3,(H2,30,31,36). The maximum atomic E-state index is 12.7. The van der Waals surface area contributed by atoms with Crippen LogP contribution in [0.4, 0.5) is 10.5 Å². The number of hydrogen-bond acceptors (Lipinski definition) is 8. The van der Waals surface area contributed by atoms with Gasteiger partial charge in [-0.25, -0.2) is 9.59 Å². The van der Waals surface area contributed by atoms with Gasteiger partial charge in [-0.1, -0.05) is 26.0 Å². The molecular weight excluding hydrogens is 517 g/mol. The van der Waals surface area contributed by atoms with E-state index in [0.29, 0.717) is 48.5 Å². The van der Waals surface area contributed by atoms with Gasteiger partial charge in [-0.05, 0) is 60.6 Å². The summed E-state index contributed by atoms with van der Waals surface area (Å²) in [5, 5.41) is 16.2. The van der Waals surface area contributed by atoms with Gasteiger partial charge in [0.2, 0.25) is 0 Å². The van der Waals surface area contributed by atoms with Gasteiger partial charge in [0, 0.05) is 29.6 Å². The van der Waals surface area contributed by atoms with Crippen LogP contribution < -0.4 is 20.8 Å². The largest absolute Gasteiger partial charge is 0.491 e. The number of rotatable bonds is 9. The summed E-state index contributed by atoms with van der Waals surface area (Å²) < 4.78 is 10.9. The number of esters is 1. The Bertz CT molecular complexity index is 1330. The molecular formula is C28H34BN3O8. The number of fused-ring (bicyclic) bond motifs is 1. The van der Waals surface area contributed by atoms with Crippen LogP contribution in [0.1, 0.15) is 61.8 Å². The summed E-state index contributed by atoms with van der Waals surface area (Å²) in [6.45, 7) is 8.19. The molecule has 11 nitrogen and oxygen atoms in total. The molecule has 0 saturated carbocycles. The lowest BCUT2D eigenvalue weighted by molar-refractivity contribution is -0.193. The first kappa shape index (κ1) is 29.1. The van der Waals surface area contributed by atoms with E-state index in [-0.39, 0.29) is 25.3 Å². The molecule has 1 fully saturated rings. The Balaban J connectivity index is 1.33. The maximum Gasteiger partial charge on any atom is 0.491 e. The van der Waals surface area contributed by atoms with E-state index in [1.54, 1.807) is 24.3 Å². The first-order valence-electron chi connectivity index (χ1n) is 13.2. The normalized spacial score (nSPS) is 14.7. The van der Waals surface area contributed by atoms with Gasteiger partial charge >= 0.3 is 25.1 Å². The van der Waals surface area contributed by atoms with Crippen LogP contribution in [0.15, 0.2) is 30.3 Å². The Kier molecular flexibility index (Phi) is 8.80. The average molecular weight is 551 g/mol. The highest BCUT2D eigenvalue weighted by molar-refractivity contribution is 6.61. The number of carbonyl (C=O) groups excluding carboxylic acids is 4. The number of carbonyl (C=O) groups is 4. The van der Waals surface area contributed by atoms with Crippen LogP contribution >= 0.6 is 0 Å². The summed E-state index contributed by atoms with van der Waals surface area (Å²) in [7, 11) is -1.02. The van der Waals surface area contributed by atoms with Crippen molar-refractivity contribution in [3.63, 3.8) is 0 Å². The third-order valence-electron chi connectivity index (χ3n) is 6.85. The van der Waals surface area contributed by atoms with E-state index >= 15 is 0 Å². The summed E-state index contributed by atoms with van der Waals surface area (Å²) in [6, 6.07) is 8.29. The van der Waals surface area contributed by atoms with Gasteiger partial charge in [-0.3, -0.25) is 9.59 Å². The Morgan fingerprint density at radius 1 is 1.15 bits per heavy atom. The summed E-state index contributed by atoms with van der Waals surface area (Å²) >= 11 is 0. The summed E-state index contributed by atoms with van der Waals surface area (Å²) in [4.78, 5) is 54.8. The lowest BCUT2D eigenvalue weighted by atomic mass is 9.78. The smallest absolute Gasteiger partial charge is 0.426 e. The third kappa shape index (κ3) is 6.99. The minimum atomic E-state index is -1.02. The maximum absolute atomic E-state index is 12.7. The van der Waals surface area contributed by atoms with Crippen molar-refractivity contribution in [3.05, 3.63) is 52.6 Å². The Labute approximate surface area is 233 Å². The fourth-order valence-electron chi connectivity index (χ4n) is 5.12. The third-order valence-corrected chi connectivity index (χ3v) is 6.85. The molecule has 2 aromatic rings. The van der Waals surface area contributed by atoms with Crippen LogP contribution in [-0.4, -0.2) is 54.2 Å². The van der Waals surface area contributed by atoms with Crippen molar-refractivity contribution >= 4 is 42.1 Å². The quantitative estimate of drug-likeness (QED) is 0.245. The summed E-state index contributed by atoms with van der Waals surface area (Å²) in [6.07, 6.45) is 0.893. The van der Waals surface area contributed by atoms with Crippen LogP contribution in [0.25, 0.3) is 0 Å². The van der Waals surface area contributed by atoms with Crippen molar-refractivity contribution in [2.24, 2.45) is 0 Å². The second kappa shape index (κ2) is 12.1. The lowest BCUT2D eigenvalue weighted by Gasteiger charge is -2.29. The molecule has 2 aromatic carbocycles. The second-order valence-electron chi connectivity index (χ2n) is 10.8. The number of hydroxylamine groups is 2. The van der Waals surface area contributed by atoms with Gasteiger partial charge in [0.05, 0.1) is 26.0 Å². The molecule has 3 amide bonds. The SMILES string of the molecule is Cc1cc(C)c(C(C)(C)CC(=O)ON2CCCC2=O)c(OC(=O)CCNC(=O)Nc2ccc3c(c2)B(O)OC3)c1. The number of nitrogens with zero attached hydrogens (tertiary/aromatic N) is 1. The molecule has 0 unspecified atom stereocenters. The van der Waals surface area contributed by atoms with Crippen molar-refractivity contribution in [3.8, 4) is 5.75 Å². The molecule has 0 aromatic heterocycles. The van der Waals surface area contributed by atoms with E-state index < -0.39 is 30.5 Å². The highest BCUT2D eigenvalue weighted by Gasteiger charge is 2.33. The number of hydrogen-bond donors (Lipinski definition) is 3. The van der Waals surface area contributed by atoms with Crippen LogP contribution in [0.3, 0.4) is 0 Å². The molecule has 4 rings (SSSR count). The second-order valence-corrected chi connectivity index (χ2v) is 10.8. The monoisotopic (exact) mass is 551 g/mol. The number of urea groups is 1. The van der Waals surface area contributed by atoms with Gasteiger partial charge in [0.1, 0.15) is 5.75 Å². The highest BCUT2D eigenvalue weighted by Crippen LogP contribution is 2.38. The van der Waals surface area contributed by atoms with E-state index in [4.69, 9.17) is 14.2 Å². The van der Waals surface area contributed by atoms with Crippen molar-refractivity contribution in [2.75, 3.05) is 18.4 Å². The van der Waals surface area contributed by atoms with E-state index in [1.165, 1.54) is 0 Å². The first-order valence-corrected chi connectivity index (χ1v) is 13.2. The first-order chi connectivity index (χ1) is 18.9. The molecule has 40 heavy (non-hydrogen) atoms. The highest BCUT2D eigenvalue weighted by atomic mass is 16.7. The summed E-state index contributed by atoms with van der Waals surface area (Å²) in [5.41, 5.74) is 3.59. The Morgan fingerprint density at radius 3 is 2.65 bits per heavy atom. The van der Waals surface area contributed by atoms with E-state index in [1.807, 2.05) is 33.8 Å². The van der Waals surface area contributed by atoms with Crippen molar-refractivity contribution in [2.45, 2.75) is 65.4 Å². The molecule has 12 heteroatoms. The molecule has 1 saturated heterocycles. The van der Waals surface area contributed by atoms with Gasteiger partial charge < -0.3 is 29.9 Å². The molecule has 3 N–H and O–H groups in total. The number of benzene rings is 2. The predicted octanol–water partition coefficient (Wildman–Crippen LogP) is 2.39. The number of nitrogens with one attached hydrogen (secondary N) is 2. The van der Waals surface area contributed by atoms with Gasteiger partial charge in [0.25, 0.3) is 5.91 Å². The van der Waals surface area contributed by atoms with Crippen LogP contribution in [0, 0.1) is 13.8 Å². The Hall–Kier alpha value is -3.90. The van der Waals surface area contributed by atoms with Crippen LogP contribution in [-0.2, 0) is 35.9 Å². The zero-order valence-electron chi connectivity index (χ0n) is 23.2. The fourth-order valence-corrected chi connectivity index (χ4v) is 5.12. The van der Waals surface area contributed by atoms with E-state index in [9.17, 15) is 24.2 Å². The molecule has 0 bridgehead atoms. The van der Waals surface area contributed by atoms with E-state index in [0.717, 1.165) is 21.8 Å². The molecule has 0 aliphatic carbocycles. The minimum Gasteiger partial charge on any atom is -0.426 e. The molecule has 0 spiro atoms. The van der Waals surface area contributed by atoms with Crippen LogP contribution in [0.2, 0.25) is 0 Å². The Morgan fingerprint density at radius 2 is 1.93 bits per heavy atom. The molecule has 212 valence electrons. The zero-order valence-corrected chi connectivity index (χ0v) is 23.2. The zero-order chi connectivity index (χ0) is 29.0. The molecule has 0 radical (unpaired) electrons. The molecule has 2 aliphatic rings. The number of amides is 3. The minimum absolute atomic E-state index is 0.0288. The van der Waals surface area contributed by atoms with Gasteiger partial charge in [-0.2, -0.15) is 5.06 Å². The topological polar surface area (TPSA) is 143 Å². The predicted molar refractivity (Wildman–Crippen MR) is 147 cm³/mol. The number of aryl methyl sites for hydroxylation is 2. The summed E-state index contributed by atoms with van der Waals surface area (Å²) in [5.74, 6) is -0.973. The molecule has 2 aliphatic heterocycles. The van der Waals surface area contributed by atoms with Crippen molar-refractivity contribution in [1.29, 1.82) is 0 Å². The number of ether oxygens (including phenoxy) is 1. The fraction of sp³-hybridized carbons (Fsp3) is 0.429.